The van der Waals surface area contributed by atoms with Crippen molar-refractivity contribution in [3.05, 3.63) is 40.0 Å². The average Bonchev–Trinajstić information content (AvgIpc) is 3.19. The van der Waals surface area contributed by atoms with E-state index in [2.05, 4.69) is 40.7 Å². The maximum Gasteiger partial charge on any atom is 0.159 e. The Balaban J connectivity index is 1.88. The van der Waals surface area contributed by atoms with Gasteiger partial charge in [0.1, 0.15) is 12.5 Å². The first-order chi connectivity index (χ1) is 14.2. The lowest BCUT2D eigenvalue weighted by molar-refractivity contribution is 0.0786. The van der Waals surface area contributed by atoms with E-state index in [1.165, 1.54) is 0 Å². The van der Waals surface area contributed by atoms with E-state index in [-0.39, 0.29) is 5.82 Å². The van der Waals surface area contributed by atoms with Crippen LogP contribution in [0.4, 0.5) is 4.39 Å². The maximum absolute atomic E-state index is 14.2. The van der Waals surface area contributed by atoms with Crippen molar-refractivity contribution in [2.45, 2.75) is 45.4 Å². The van der Waals surface area contributed by atoms with Gasteiger partial charge < -0.3 is 14.0 Å². The molecule has 3 aromatic rings. The number of hydrogen-bond donors (Lipinski definition) is 0. The Labute approximate surface area is 191 Å². The Morgan fingerprint density at radius 1 is 1.17 bits per heavy atom. The molecule has 0 spiro atoms. The molecule has 2 heterocycles. The van der Waals surface area contributed by atoms with Crippen molar-refractivity contribution < 1.29 is 13.9 Å². The minimum Gasteiger partial charge on any atom is -0.385 e. The quantitative estimate of drug-likeness (QED) is 0.231. The molecule has 3 rings (SSSR count). The largest absolute Gasteiger partial charge is 0.385 e. The zero-order valence-corrected chi connectivity index (χ0v) is 21.2. The lowest BCUT2D eigenvalue weighted by Gasteiger charge is -2.15. The third-order valence-electron chi connectivity index (χ3n) is 4.90. The standard InChI is InChI=1S/C21H28BrClFN3O2Si/c1-28-7-5-6-26-12-16(15-10-18(22)19(24)11-20(15)26)17-13-27(25-21(17)23)14-29-8-9-30(2,3)4/h10-13H,5-9,14H2,1-4H3. The van der Waals surface area contributed by atoms with Gasteiger partial charge in [-0.3, -0.25) is 0 Å². The van der Waals surface area contributed by atoms with E-state index in [1.54, 1.807) is 23.9 Å². The van der Waals surface area contributed by atoms with Gasteiger partial charge in [0.15, 0.2) is 5.15 Å². The molecular formula is C21H28BrClFN3O2Si. The molecule has 5 nitrogen and oxygen atoms in total. The Hall–Kier alpha value is -1.19. The van der Waals surface area contributed by atoms with Crippen molar-refractivity contribution in [1.82, 2.24) is 14.3 Å². The number of benzene rings is 1. The Kier molecular flexibility index (Phi) is 7.79. The molecule has 164 valence electrons. The van der Waals surface area contributed by atoms with Crippen LogP contribution >= 0.6 is 27.5 Å². The molecule has 1 aromatic carbocycles. The highest BCUT2D eigenvalue weighted by molar-refractivity contribution is 9.10. The predicted molar refractivity (Wildman–Crippen MR) is 126 cm³/mol. The van der Waals surface area contributed by atoms with Gasteiger partial charge in [-0.25, -0.2) is 9.07 Å². The molecule has 0 radical (unpaired) electrons. The van der Waals surface area contributed by atoms with E-state index in [9.17, 15) is 4.39 Å². The third kappa shape index (κ3) is 5.73. The number of methoxy groups -OCH3 is 1. The van der Waals surface area contributed by atoms with Gasteiger partial charge in [0.2, 0.25) is 0 Å². The molecule has 0 fully saturated rings. The molecular weight excluding hydrogens is 489 g/mol. The first-order valence-corrected chi connectivity index (χ1v) is 14.9. The van der Waals surface area contributed by atoms with Crippen molar-refractivity contribution >= 4 is 46.5 Å². The third-order valence-corrected chi connectivity index (χ3v) is 7.49. The summed E-state index contributed by atoms with van der Waals surface area (Å²) in [5, 5.41) is 5.73. The van der Waals surface area contributed by atoms with Gasteiger partial charge in [-0.05, 0) is 40.5 Å². The number of ether oxygens (including phenoxy) is 2. The van der Waals surface area contributed by atoms with E-state index >= 15 is 0 Å². The minimum absolute atomic E-state index is 0.294. The van der Waals surface area contributed by atoms with Gasteiger partial charge in [-0.15, -0.1) is 0 Å². The first kappa shape index (κ1) is 23.5. The van der Waals surface area contributed by atoms with Crippen molar-refractivity contribution in [3.63, 3.8) is 0 Å². The molecule has 0 aliphatic carbocycles. The van der Waals surface area contributed by atoms with Crippen molar-refractivity contribution in [2.24, 2.45) is 0 Å². The van der Waals surface area contributed by atoms with E-state index in [0.717, 1.165) is 41.0 Å². The Bertz CT molecular complexity index is 1020. The highest BCUT2D eigenvalue weighted by Gasteiger charge is 2.18. The molecule has 0 bridgehead atoms. The summed E-state index contributed by atoms with van der Waals surface area (Å²) in [5.41, 5.74) is 2.54. The fraction of sp³-hybridized carbons (Fsp3) is 0.476. The molecule has 9 heteroatoms. The van der Waals surface area contributed by atoms with Crippen molar-refractivity contribution in [2.75, 3.05) is 20.3 Å². The average molecular weight is 517 g/mol. The summed E-state index contributed by atoms with van der Waals surface area (Å²) < 4.78 is 29.4. The fourth-order valence-electron chi connectivity index (χ4n) is 3.24. The Morgan fingerprint density at radius 3 is 2.63 bits per heavy atom. The van der Waals surface area contributed by atoms with Gasteiger partial charge in [0.05, 0.1) is 9.99 Å². The number of aryl methyl sites for hydroxylation is 1. The number of aromatic nitrogens is 3. The number of fused-ring (bicyclic) bond motifs is 1. The van der Waals surface area contributed by atoms with Gasteiger partial charge in [-0.2, -0.15) is 5.10 Å². The van der Waals surface area contributed by atoms with Crippen LogP contribution in [0.25, 0.3) is 22.0 Å². The molecule has 0 atom stereocenters. The van der Waals surface area contributed by atoms with Crippen LogP contribution < -0.4 is 0 Å². The van der Waals surface area contributed by atoms with E-state index in [4.69, 9.17) is 21.1 Å². The number of rotatable bonds is 10. The smallest absolute Gasteiger partial charge is 0.159 e. The van der Waals surface area contributed by atoms with Crippen LogP contribution in [0.3, 0.4) is 0 Å². The fourth-order valence-corrected chi connectivity index (χ4v) is 4.59. The minimum atomic E-state index is -1.13. The summed E-state index contributed by atoms with van der Waals surface area (Å²) in [4.78, 5) is 0. The second kappa shape index (κ2) is 9.95. The number of nitrogens with zero attached hydrogens (tertiary/aromatic N) is 3. The van der Waals surface area contributed by atoms with E-state index < -0.39 is 8.07 Å². The maximum atomic E-state index is 14.2. The van der Waals surface area contributed by atoms with Crippen LogP contribution in [0, 0.1) is 5.82 Å². The molecule has 0 saturated heterocycles. The second-order valence-corrected chi connectivity index (χ2v) is 15.4. The highest BCUT2D eigenvalue weighted by Crippen LogP contribution is 2.37. The number of halogens is 3. The SMILES string of the molecule is COCCCn1cc(-c2cn(COCC[Si](C)(C)C)nc2Cl)c2cc(Br)c(F)cc21. The second-order valence-electron chi connectivity index (χ2n) is 8.59. The Morgan fingerprint density at radius 2 is 1.93 bits per heavy atom. The molecule has 0 amide bonds. The van der Waals surface area contributed by atoms with Crippen LogP contribution in [-0.4, -0.2) is 42.7 Å². The summed E-state index contributed by atoms with van der Waals surface area (Å²) in [6, 6.07) is 4.45. The van der Waals surface area contributed by atoms with Gasteiger partial charge in [0.25, 0.3) is 0 Å². The normalized spacial score (nSPS) is 12.2. The lowest BCUT2D eigenvalue weighted by atomic mass is 10.1. The van der Waals surface area contributed by atoms with Crippen LogP contribution in [0.2, 0.25) is 30.8 Å². The van der Waals surface area contributed by atoms with Gasteiger partial charge in [-0.1, -0.05) is 31.2 Å². The summed E-state index contributed by atoms with van der Waals surface area (Å²) in [5.74, 6) is -0.294. The zero-order valence-electron chi connectivity index (χ0n) is 17.8. The first-order valence-electron chi connectivity index (χ1n) is 9.97. The van der Waals surface area contributed by atoms with Crippen molar-refractivity contribution in [1.29, 1.82) is 0 Å². The van der Waals surface area contributed by atoms with Crippen LogP contribution in [0.15, 0.2) is 29.0 Å². The van der Waals surface area contributed by atoms with E-state index in [1.807, 2.05) is 17.0 Å². The van der Waals surface area contributed by atoms with Crippen LogP contribution in [0.1, 0.15) is 6.42 Å². The van der Waals surface area contributed by atoms with E-state index in [0.29, 0.717) is 29.6 Å². The zero-order chi connectivity index (χ0) is 21.9. The van der Waals surface area contributed by atoms with Crippen molar-refractivity contribution in [3.8, 4) is 11.1 Å². The molecule has 0 saturated carbocycles. The molecule has 0 N–H and O–H groups in total. The topological polar surface area (TPSA) is 41.2 Å². The monoisotopic (exact) mass is 515 g/mol. The molecule has 30 heavy (non-hydrogen) atoms. The van der Waals surface area contributed by atoms with Gasteiger partial charge >= 0.3 is 0 Å². The summed E-state index contributed by atoms with van der Waals surface area (Å²) in [7, 11) is 0.543. The molecule has 0 aliphatic rings. The molecule has 0 unspecified atom stereocenters. The molecule has 2 aromatic heterocycles. The van der Waals surface area contributed by atoms with Gasteiger partial charge in [0, 0.05) is 63.8 Å². The summed E-state index contributed by atoms with van der Waals surface area (Å²) >= 11 is 9.78. The predicted octanol–water partition coefficient (Wildman–Crippen LogP) is 6.41. The van der Waals surface area contributed by atoms with Crippen LogP contribution in [-0.2, 0) is 22.7 Å². The summed E-state index contributed by atoms with van der Waals surface area (Å²) in [6.45, 7) is 9.40. The lowest BCUT2D eigenvalue weighted by Crippen LogP contribution is -2.22. The summed E-state index contributed by atoms with van der Waals surface area (Å²) in [6.07, 6.45) is 4.73. The molecule has 0 aliphatic heterocycles. The van der Waals surface area contributed by atoms with Crippen LogP contribution in [0.5, 0.6) is 0 Å². The number of hydrogen-bond acceptors (Lipinski definition) is 3. The highest BCUT2D eigenvalue weighted by atomic mass is 79.9.